The van der Waals surface area contributed by atoms with Gasteiger partial charge in [0.15, 0.2) is 0 Å². The summed E-state index contributed by atoms with van der Waals surface area (Å²) < 4.78 is 0. The van der Waals surface area contributed by atoms with E-state index in [1.54, 1.807) is 18.2 Å². The summed E-state index contributed by atoms with van der Waals surface area (Å²) in [7, 11) is 0. The Morgan fingerprint density at radius 2 is 1.55 bits per heavy atom. The normalized spacial score (nSPS) is 10.8. The molecular formula is C17H15NO2. The molecule has 3 nitrogen and oxygen atoms in total. The van der Waals surface area contributed by atoms with Gasteiger partial charge < -0.3 is 10.2 Å². The molecular weight excluding hydrogens is 250 g/mol. The summed E-state index contributed by atoms with van der Waals surface area (Å²) in [5, 5.41) is 20.5. The molecule has 0 saturated heterocycles. The van der Waals surface area contributed by atoms with E-state index < -0.39 is 0 Å². The van der Waals surface area contributed by atoms with Crippen LogP contribution in [0.1, 0.15) is 11.3 Å². The van der Waals surface area contributed by atoms with Crippen molar-refractivity contribution in [2.45, 2.75) is 12.8 Å². The molecule has 0 aliphatic carbocycles. The average Bonchev–Trinajstić information content (AvgIpc) is 2.47. The summed E-state index contributed by atoms with van der Waals surface area (Å²) >= 11 is 0. The van der Waals surface area contributed by atoms with Gasteiger partial charge in [-0.3, -0.25) is 0 Å². The molecule has 0 fully saturated rings. The number of fused-ring (bicyclic) bond motifs is 1. The van der Waals surface area contributed by atoms with Crippen LogP contribution in [0.4, 0.5) is 0 Å². The number of benzene rings is 2. The van der Waals surface area contributed by atoms with Gasteiger partial charge in [-0.1, -0.05) is 36.4 Å². The minimum Gasteiger partial charge on any atom is -0.508 e. The summed E-state index contributed by atoms with van der Waals surface area (Å²) in [4.78, 5) is 4.49. The highest BCUT2D eigenvalue weighted by atomic mass is 16.3. The van der Waals surface area contributed by atoms with Gasteiger partial charge in [0.2, 0.25) is 0 Å². The molecule has 100 valence electrons. The number of phenols is 2. The second kappa shape index (κ2) is 5.21. The topological polar surface area (TPSA) is 53.4 Å². The Kier molecular flexibility index (Phi) is 3.25. The number of nitrogens with zero attached hydrogens (tertiary/aromatic N) is 1. The van der Waals surface area contributed by atoms with Crippen LogP contribution in [0, 0.1) is 0 Å². The van der Waals surface area contributed by atoms with Gasteiger partial charge in [-0.25, -0.2) is 4.98 Å². The highest BCUT2D eigenvalue weighted by Crippen LogP contribution is 2.23. The molecule has 2 N–H and O–H groups in total. The third kappa shape index (κ3) is 2.43. The number of hydrogen-bond acceptors (Lipinski definition) is 3. The summed E-state index contributed by atoms with van der Waals surface area (Å²) in [6.45, 7) is 0. The van der Waals surface area contributed by atoms with Gasteiger partial charge in [-0.2, -0.15) is 0 Å². The van der Waals surface area contributed by atoms with Gasteiger partial charge in [-0.15, -0.1) is 0 Å². The van der Waals surface area contributed by atoms with E-state index in [-0.39, 0.29) is 5.75 Å². The lowest BCUT2D eigenvalue weighted by atomic mass is 10.1. The molecule has 0 atom stereocenters. The lowest BCUT2D eigenvalue weighted by Gasteiger charge is -2.06. The summed E-state index contributed by atoms with van der Waals surface area (Å²) in [6, 6.07) is 16.6. The molecule has 0 saturated carbocycles. The number of hydrogen-bond donors (Lipinski definition) is 2. The molecule has 1 heterocycles. The summed E-state index contributed by atoms with van der Waals surface area (Å²) in [6.07, 6.45) is 1.45. The van der Waals surface area contributed by atoms with Crippen molar-refractivity contribution in [1.82, 2.24) is 4.98 Å². The first-order chi connectivity index (χ1) is 9.74. The predicted octanol–water partition coefficient (Wildman–Crippen LogP) is 3.43. The number of para-hydroxylation sites is 2. The van der Waals surface area contributed by atoms with Crippen LogP contribution in [-0.2, 0) is 12.8 Å². The molecule has 0 bridgehead atoms. The van der Waals surface area contributed by atoms with E-state index in [0.717, 1.165) is 29.5 Å². The third-order valence-corrected chi connectivity index (χ3v) is 3.40. The fourth-order valence-corrected chi connectivity index (χ4v) is 2.30. The average molecular weight is 265 g/mol. The first kappa shape index (κ1) is 12.5. The van der Waals surface area contributed by atoms with Crippen LogP contribution in [-0.4, -0.2) is 15.2 Å². The monoisotopic (exact) mass is 265 g/mol. The number of phenolic OH excluding ortho intramolecular Hbond substituents is 2. The van der Waals surface area contributed by atoms with E-state index in [4.69, 9.17) is 0 Å². The van der Waals surface area contributed by atoms with Gasteiger partial charge in [0.1, 0.15) is 17.0 Å². The molecule has 20 heavy (non-hydrogen) atoms. The number of aromatic hydroxyl groups is 2. The minimum atomic E-state index is 0.201. The Hall–Kier alpha value is -2.55. The molecule has 3 rings (SSSR count). The Balaban J connectivity index is 1.85. The Labute approximate surface area is 117 Å². The van der Waals surface area contributed by atoms with Crippen molar-refractivity contribution in [3.05, 3.63) is 65.9 Å². The molecule has 3 aromatic rings. The lowest BCUT2D eigenvalue weighted by Crippen LogP contribution is -1.95. The van der Waals surface area contributed by atoms with Gasteiger partial charge in [0.05, 0.1) is 0 Å². The first-order valence-electron chi connectivity index (χ1n) is 6.58. The van der Waals surface area contributed by atoms with Crippen molar-refractivity contribution in [3.63, 3.8) is 0 Å². The van der Waals surface area contributed by atoms with E-state index in [2.05, 4.69) is 4.98 Å². The van der Waals surface area contributed by atoms with Crippen LogP contribution >= 0.6 is 0 Å². The van der Waals surface area contributed by atoms with Crippen molar-refractivity contribution >= 4 is 10.9 Å². The number of aryl methyl sites for hydroxylation is 2. The third-order valence-electron chi connectivity index (χ3n) is 3.40. The zero-order valence-corrected chi connectivity index (χ0v) is 11.0. The van der Waals surface area contributed by atoms with E-state index in [1.165, 1.54) is 0 Å². The molecule has 0 spiro atoms. The maximum Gasteiger partial charge on any atom is 0.141 e. The molecule has 0 aliphatic heterocycles. The molecule has 2 aromatic carbocycles. The fourth-order valence-electron chi connectivity index (χ4n) is 2.30. The number of pyridine rings is 1. The summed E-state index contributed by atoms with van der Waals surface area (Å²) in [5.74, 6) is 0.517. The highest BCUT2D eigenvalue weighted by molar-refractivity contribution is 5.84. The SMILES string of the molecule is Oc1ccccc1CCc1ccc2cccc(O)c2n1. The van der Waals surface area contributed by atoms with Crippen molar-refractivity contribution in [2.24, 2.45) is 0 Å². The zero-order valence-electron chi connectivity index (χ0n) is 11.0. The van der Waals surface area contributed by atoms with Crippen LogP contribution in [0.25, 0.3) is 10.9 Å². The minimum absolute atomic E-state index is 0.201. The summed E-state index contributed by atoms with van der Waals surface area (Å²) in [5.41, 5.74) is 2.44. The van der Waals surface area contributed by atoms with Crippen LogP contribution in [0.3, 0.4) is 0 Å². The van der Waals surface area contributed by atoms with Crippen LogP contribution < -0.4 is 0 Å². The molecule has 0 aliphatic rings. The van der Waals surface area contributed by atoms with Crippen LogP contribution in [0.15, 0.2) is 54.6 Å². The smallest absolute Gasteiger partial charge is 0.141 e. The number of rotatable bonds is 3. The van der Waals surface area contributed by atoms with E-state index >= 15 is 0 Å². The van der Waals surface area contributed by atoms with E-state index in [9.17, 15) is 10.2 Å². The van der Waals surface area contributed by atoms with E-state index in [0.29, 0.717) is 11.3 Å². The Morgan fingerprint density at radius 1 is 0.750 bits per heavy atom. The lowest BCUT2D eigenvalue weighted by molar-refractivity contribution is 0.467. The van der Waals surface area contributed by atoms with Crippen LogP contribution in [0.5, 0.6) is 11.5 Å². The Bertz CT molecular complexity index is 753. The maximum absolute atomic E-state index is 9.82. The quantitative estimate of drug-likeness (QED) is 0.762. The highest BCUT2D eigenvalue weighted by Gasteiger charge is 2.05. The molecule has 1 aromatic heterocycles. The van der Waals surface area contributed by atoms with Crippen molar-refractivity contribution in [2.75, 3.05) is 0 Å². The predicted molar refractivity (Wildman–Crippen MR) is 78.9 cm³/mol. The first-order valence-corrected chi connectivity index (χ1v) is 6.58. The molecule has 0 radical (unpaired) electrons. The second-order valence-electron chi connectivity index (χ2n) is 4.78. The van der Waals surface area contributed by atoms with Crippen molar-refractivity contribution in [1.29, 1.82) is 0 Å². The van der Waals surface area contributed by atoms with Gasteiger partial charge in [0, 0.05) is 11.1 Å². The Morgan fingerprint density at radius 3 is 2.40 bits per heavy atom. The van der Waals surface area contributed by atoms with Crippen molar-refractivity contribution in [3.8, 4) is 11.5 Å². The van der Waals surface area contributed by atoms with Crippen molar-refractivity contribution < 1.29 is 10.2 Å². The fraction of sp³-hybridized carbons (Fsp3) is 0.118. The van der Waals surface area contributed by atoms with E-state index in [1.807, 2.05) is 36.4 Å². The van der Waals surface area contributed by atoms with Crippen LogP contribution in [0.2, 0.25) is 0 Å². The van der Waals surface area contributed by atoms with Gasteiger partial charge in [-0.05, 0) is 36.6 Å². The van der Waals surface area contributed by atoms with Gasteiger partial charge >= 0.3 is 0 Å². The molecule has 0 amide bonds. The molecule has 3 heteroatoms. The number of aromatic nitrogens is 1. The van der Waals surface area contributed by atoms with Gasteiger partial charge in [0.25, 0.3) is 0 Å². The maximum atomic E-state index is 9.82. The molecule has 0 unspecified atom stereocenters. The zero-order chi connectivity index (χ0) is 13.9. The second-order valence-corrected chi connectivity index (χ2v) is 4.78. The standard InChI is InChI=1S/C17H15NO2/c19-15-6-2-1-4-12(15)8-10-14-11-9-13-5-3-7-16(20)17(13)18-14/h1-7,9,11,19-20H,8,10H2. The largest absolute Gasteiger partial charge is 0.508 e.